The zero-order valence-electron chi connectivity index (χ0n) is 29.8. The van der Waals surface area contributed by atoms with Crippen molar-refractivity contribution in [2.24, 2.45) is 5.92 Å². The third-order valence-electron chi connectivity index (χ3n) is 10.9. The molecule has 4 amide bonds. The topological polar surface area (TPSA) is 203 Å². The standard InChI is InChI=1S/C37H42FN7O8S/c1-20-34(41-31-25(38)9-7-11-26(31)39-20)52-23-16-29-33(47)42-37(36(49)44-54(50,51)24-14-15-24)18-22(37)8-5-3-2-4-6-10-27(35(48)45(29)19-23)40-32(46)28-17-30(53-43-28)21-12-13-21/h5,7-9,11,17,21-24,27,29H,2-4,6,10,12-16,18-19H2,1H3,(H,40,46)(H,42,47)(H,44,49)/b8-5-/t22?,23-,27+,29+,37-/m1/s1. The van der Waals surface area contributed by atoms with Crippen molar-refractivity contribution in [3.05, 3.63) is 59.4 Å². The molecule has 0 spiro atoms. The van der Waals surface area contributed by atoms with E-state index in [1.54, 1.807) is 19.1 Å². The van der Waals surface area contributed by atoms with Crippen molar-refractivity contribution in [1.29, 1.82) is 0 Å². The highest BCUT2D eigenvalue weighted by Crippen LogP contribution is 2.46. The van der Waals surface area contributed by atoms with E-state index in [-0.39, 0.29) is 48.8 Å². The molecule has 17 heteroatoms. The number of ether oxygens (including phenoxy) is 1. The van der Waals surface area contributed by atoms with Gasteiger partial charge in [0.25, 0.3) is 11.8 Å². The molecule has 1 unspecified atom stereocenters. The van der Waals surface area contributed by atoms with Crippen LogP contribution in [-0.2, 0) is 24.4 Å². The average molecular weight is 764 g/mol. The van der Waals surface area contributed by atoms with Crippen LogP contribution in [0.4, 0.5) is 4.39 Å². The van der Waals surface area contributed by atoms with E-state index >= 15 is 0 Å². The van der Waals surface area contributed by atoms with Gasteiger partial charge in [0.1, 0.15) is 40.7 Å². The lowest BCUT2D eigenvalue weighted by molar-refractivity contribution is -0.141. The number of rotatable bonds is 8. The highest BCUT2D eigenvalue weighted by atomic mass is 32.2. The summed E-state index contributed by atoms with van der Waals surface area (Å²) in [5, 5.41) is 8.95. The number of carbonyl (C=O) groups excluding carboxylic acids is 4. The summed E-state index contributed by atoms with van der Waals surface area (Å²) in [6, 6.07) is 3.77. The van der Waals surface area contributed by atoms with Crippen molar-refractivity contribution in [3.8, 4) is 5.88 Å². The van der Waals surface area contributed by atoms with Gasteiger partial charge >= 0.3 is 0 Å². The van der Waals surface area contributed by atoms with Crippen LogP contribution in [0.1, 0.15) is 98.5 Å². The number of amides is 4. The average Bonchev–Trinajstić information content (AvgIpc) is 4.09. The van der Waals surface area contributed by atoms with E-state index in [0.29, 0.717) is 42.7 Å². The zero-order chi connectivity index (χ0) is 37.8. The van der Waals surface area contributed by atoms with Crippen LogP contribution in [0.5, 0.6) is 5.88 Å². The molecular formula is C37H42FN7O8S. The van der Waals surface area contributed by atoms with Gasteiger partial charge in [0.15, 0.2) is 11.5 Å². The first-order chi connectivity index (χ1) is 25.9. The van der Waals surface area contributed by atoms with Crippen molar-refractivity contribution in [2.75, 3.05) is 6.54 Å². The lowest BCUT2D eigenvalue weighted by Gasteiger charge is -2.29. The smallest absolute Gasteiger partial charge is 0.274 e. The molecular weight excluding hydrogens is 722 g/mol. The molecule has 4 fully saturated rings. The minimum atomic E-state index is -3.92. The third-order valence-corrected chi connectivity index (χ3v) is 12.8. The zero-order valence-corrected chi connectivity index (χ0v) is 30.6. The van der Waals surface area contributed by atoms with Gasteiger partial charge in [-0.05, 0) is 70.4 Å². The maximum atomic E-state index is 14.7. The number of hydrogen-bond acceptors (Lipinski definition) is 11. The third kappa shape index (κ3) is 7.29. The maximum Gasteiger partial charge on any atom is 0.274 e. The van der Waals surface area contributed by atoms with Gasteiger partial charge in [0.05, 0.1) is 17.3 Å². The lowest BCUT2D eigenvalue weighted by atomic mass is 10.0. The minimum Gasteiger partial charge on any atom is -0.471 e. The van der Waals surface area contributed by atoms with E-state index in [1.165, 1.54) is 17.0 Å². The Kier molecular flexibility index (Phi) is 9.38. The predicted octanol–water partition coefficient (Wildman–Crippen LogP) is 3.09. The summed E-state index contributed by atoms with van der Waals surface area (Å²) in [5.74, 6) is -2.80. The Bertz CT molecular complexity index is 2150. The van der Waals surface area contributed by atoms with Gasteiger partial charge in [-0.2, -0.15) is 0 Å². The first-order valence-electron chi connectivity index (χ1n) is 18.6. The molecule has 5 atom stereocenters. The van der Waals surface area contributed by atoms with Crippen LogP contribution in [-0.4, -0.2) is 87.6 Å². The van der Waals surface area contributed by atoms with Crippen LogP contribution in [0, 0.1) is 18.7 Å². The number of halogens is 1. The molecule has 1 saturated heterocycles. The Morgan fingerprint density at radius 3 is 2.69 bits per heavy atom. The maximum absolute atomic E-state index is 14.7. The second kappa shape index (κ2) is 14.0. The van der Waals surface area contributed by atoms with Crippen molar-refractivity contribution >= 4 is 44.7 Å². The number of fused-ring (bicyclic) bond motifs is 3. The Morgan fingerprint density at radius 2 is 1.91 bits per heavy atom. The SMILES string of the molecule is Cc1nc2cccc(F)c2nc1O[C@@H]1C[C@H]2C(=O)N[C@]3(C(=O)NS(=O)(=O)C4CC4)CC3/C=C\CCCCC[C@H](NC(=O)c3cc(C4CC4)on3)C(=O)N2C1. The Hall–Kier alpha value is -4.93. The van der Waals surface area contributed by atoms with E-state index in [4.69, 9.17) is 9.26 Å². The number of benzene rings is 1. The van der Waals surface area contributed by atoms with Crippen molar-refractivity contribution in [2.45, 2.75) is 112 Å². The van der Waals surface area contributed by atoms with Crippen LogP contribution in [0.25, 0.3) is 11.0 Å². The summed E-state index contributed by atoms with van der Waals surface area (Å²) in [7, 11) is -3.92. The molecule has 0 bridgehead atoms. The number of para-hydroxylation sites is 1. The number of aromatic nitrogens is 3. The molecule has 2 aromatic heterocycles. The van der Waals surface area contributed by atoms with E-state index < -0.39 is 74.4 Å². The summed E-state index contributed by atoms with van der Waals surface area (Å²) in [4.78, 5) is 66.2. The van der Waals surface area contributed by atoms with Crippen LogP contribution in [0.15, 0.2) is 40.9 Å². The molecule has 15 nitrogen and oxygen atoms in total. The van der Waals surface area contributed by atoms with Crippen LogP contribution in [0.3, 0.4) is 0 Å². The van der Waals surface area contributed by atoms with Gasteiger partial charge in [0.2, 0.25) is 27.7 Å². The van der Waals surface area contributed by atoms with Crippen molar-refractivity contribution < 1.29 is 41.2 Å². The fourth-order valence-corrected chi connectivity index (χ4v) is 8.79. The normalized spacial score (nSPS) is 28.2. The second-order valence-electron chi connectivity index (χ2n) is 15.1. The second-order valence-corrected chi connectivity index (χ2v) is 17.1. The van der Waals surface area contributed by atoms with E-state index in [9.17, 15) is 32.0 Å². The summed E-state index contributed by atoms with van der Waals surface area (Å²) in [6.07, 6.45) is 8.94. The van der Waals surface area contributed by atoms with E-state index in [0.717, 1.165) is 25.7 Å². The Balaban J connectivity index is 1.09. The van der Waals surface area contributed by atoms with Crippen LogP contribution in [0.2, 0.25) is 0 Å². The molecule has 54 heavy (non-hydrogen) atoms. The molecule has 5 aliphatic rings. The van der Waals surface area contributed by atoms with E-state index in [2.05, 4.69) is 30.5 Å². The number of hydrogen-bond donors (Lipinski definition) is 3. The number of nitrogens with one attached hydrogen (secondary N) is 3. The highest BCUT2D eigenvalue weighted by Gasteiger charge is 2.62. The van der Waals surface area contributed by atoms with Gasteiger partial charge in [0, 0.05) is 24.3 Å². The largest absolute Gasteiger partial charge is 0.471 e. The molecule has 8 rings (SSSR count). The first kappa shape index (κ1) is 36.1. The molecule has 1 aromatic carbocycles. The molecule has 3 saturated carbocycles. The van der Waals surface area contributed by atoms with Gasteiger partial charge in [-0.1, -0.05) is 36.2 Å². The number of allylic oxidation sites excluding steroid dienone is 1. The summed E-state index contributed by atoms with van der Waals surface area (Å²) >= 11 is 0. The first-order valence-corrected chi connectivity index (χ1v) is 20.2. The van der Waals surface area contributed by atoms with Crippen LogP contribution >= 0.6 is 0 Å². The monoisotopic (exact) mass is 763 g/mol. The Morgan fingerprint density at radius 1 is 1.09 bits per heavy atom. The minimum absolute atomic E-state index is 0.00201. The number of sulfonamides is 1. The molecule has 2 aliphatic heterocycles. The summed E-state index contributed by atoms with van der Waals surface area (Å²) in [5.41, 5.74) is -0.780. The van der Waals surface area contributed by atoms with E-state index in [1.807, 2.05) is 12.2 Å². The fourth-order valence-electron chi connectivity index (χ4n) is 7.42. The fraction of sp³-hybridized carbons (Fsp3) is 0.541. The van der Waals surface area contributed by atoms with Gasteiger partial charge in [-0.3, -0.25) is 23.9 Å². The number of nitrogens with zero attached hydrogens (tertiary/aromatic N) is 4. The molecule has 3 aliphatic carbocycles. The van der Waals surface area contributed by atoms with Gasteiger partial charge in [-0.25, -0.2) is 22.8 Å². The number of carbonyl (C=O) groups is 4. The molecule has 3 aromatic rings. The predicted molar refractivity (Wildman–Crippen MR) is 190 cm³/mol. The van der Waals surface area contributed by atoms with Gasteiger partial charge < -0.3 is 24.8 Å². The summed E-state index contributed by atoms with van der Waals surface area (Å²) in [6.45, 7) is 1.55. The van der Waals surface area contributed by atoms with Gasteiger partial charge in [-0.15, -0.1) is 0 Å². The van der Waals surface area contributed by atoms with Crippen molar-refractivity contribution in [1.82, 2.24) is 35.4 Å². The molecule has 0 radical (unpaired) electrons. The van der Waals surface area contributed by atoms with Crippen molar-refractivity contribution in [3.63, 3.8) is 0 Å². The quantitative estimate of drug-likeness (QED) is 0.285. The van der Waals surface area contributed by atoms with Crippen LogP contribution < -0.4 is 20.1 Å². The lowest BCUT2D eigenvalue weighted by Crippen LogP contribution is -2.58. The number of aryl methyl sites for hydroxylation is 1. The Labute approximate surface area is 310 Å². The highest BCUT2D eigenvalue weighted by molar-refractivity contribution is 7.91. The molecule has 4 heterocycles. The molecule has 3 N–H and O–H groups in total. The molecule has 286 valence electrons. The summed E-state index contributed by atoms with van der Waals surface area (Å²) < 4.78 is 54.1.